The SMILES string of the molecule is Cc1ncccc1C(=O)N1CCn2nc(C(=O)NCc3ccccc3)cc2C1. The summed E-state index contributed by atoms with van der Waals surface area (Å²) in [5.74, 6) is -0.264. The maximum absolute atomic E-state index is 12.8. The first kappa shape index (κ1) is 17.9. The van der Waals surface area contributed by atoms with Crippen molar-refractivity contribution in [3.8, 4) is 0 Å². The van der Waals surface area contributed by atoms with Gasteiger partial charge in [-0.05, 0) is 30.7 Å². The molecule has 0 unspecified atom stereocenters. The number of hydrogen-bond donors (Lipinski definition) is 1. The number of hydrogen-bond acceptors (Lipinski definition) is 4. The van der Waals surface area contributed by atoms with Gasteiger partial charge in [0.2, 0.25) is 0 Å². The predicted molar refractivity (Wildman–Crippen MR) is 104 cm³/mol. The predicted octanol–water partition coefficient (Wildman–Crippen LogP) is 2.17. The Hall–Kier alpha value is -3.48. The molecule has 1 aliphatic heterocycles. The van der Waals surface area contributed by atoms with E-state index in [9.17, 15) is 9.59 Å². The monoisotopic (exact) mass is 375 g/mol. The zero-order valence-electron chi connectivity index (χ0n) is 15.6. The third-order valence-electron chi connectivity index (χ3n) is 4.85. The Kier molecular flexibility index (Phi) is 4.89. The van der Waals surface area contributed by atoms with Crippen LogP contribution in [0.1, 0.15) is 37.8 Å². The molecule has 0 saturated carbocycles. The van der Waals surface area contributed by atoms with Gasteiger partial charge in [0, 0.05) is 25.0 Å². The molecule has 0 aliphatic carbocycles. The molecule has 0 saturated heterocycles. The molecule has 0 atom stereocenters. The number of aromatic nitrogens is 3. The van der Waals surface area contributed by atoms with Crippen LogP contribution in [0.3, 0.4) is 0 Å². The van der Waals surface area contributed by atoms with Crippen molar-refractivity contribution in [2.75, 3.05) is 6.54 Å². The molecule has 0 spiro atoms. The first-order valence-electron chi connectivity index (χ1n) is 9.21. The van der Waals surface area contributed by atoms with Crippen molar-refractivity contribution in [2.24, 2.45) is 0 Å². The molecule has 7 heteroatoms. The maximum Gasteiger partial charge on any atom is 0.272 e. The van der Waals surface area contributed by atoms with Crippen LogP contribution < -0.4 is 5.32 Å². The summed E-state index contributed by atoms with van der Waals surface area (Å²) in [6, 6.07) is 15.1. The van der Waals surface area contributed by atoms with E-state index in [4.69, 9.17) is 0 Å². The van der Waals surface area contributed by atoms with Crippen molar-refractivity contribution >= 4 is 11.8 Å². The summed E-state index contributed by atoms with van der Waals surface area (Å²) >= 11 is 0. The number of pyridine rings is 1. The van der Waals surface area contributed by atoms with E-state index in [0.29, 0.717) is 43.1 Å². The second kappa shape index (κ2) is 7.64. The number of carbonyl (C=O) groups excluding carboxylic acids is 2. The Labute approximate surface area is 163 Å². The molecule has 28 heavy (non-hydrogen) atoms. The number of aryl methyl sites for hydroxylation is 1. The second-order valence-electron chi connectivity index (χ2n) is 6.78. The van der Waals surface area contributed by atoms with Gasteiger partial charge in [0.25, 0.3) is 11.8 Å². The molecule has 2 amide bonds. The molecule has 1 N–H and O–H groups in total. The van der Waals surface area contributed by atoms with Crippen LogP contribution in [0.5, 0.6) is 0 Å². The van der Waals surface area contributed by atoms with Crippen molar-refractivity contribution in [1.29, 1.82) is 0 Å². The highest BCUT2D eigenvalue weighted by molar-refractivity contribution is 5.95. The topological polar surface area (TPSA) is 80.1 Å². The van der Waals surface area contributed by atoms with Crippen LogP contribution in [0, 0.1) is 6.92 Å². The van der Waals surface area contributed by atoms with Gasteiger partial charge in [0.15, 0.2) is 5.69 Å². The molecule has 0 bridgehead atoms. The fourth-order valence-corrected chi connectivity index (χ4v) is 3.30. The molecular weight excluding hydrogens is 354 g/mol. The Balaban J connectivity index is 1.44. The van der Waals surface area contributed by atoms with Crippen LogP contribution >= 0.6 is 0 Å². The fraction of sp³-hybridized carbons (Fsp3) is 0.238. The van der Waals surface area contributed by atoms with Gasteiger partial charge in [-0.3, -0.25) is 19.3 Å². The number of nitrogens with one attached hydrogen (secondary N) is 1. The molecule has 0 radical (unpaired) electrons. The summed E-state index contributed by atoms with van der Waals surface area (Å²) in [5.41, 5.74) is 3.58. The number of benzene rings is 1. The molecule has 2 aromatic heterocycles. The summed E-state index contributed by atoms with van der Waals surface area (Å²) in [5, 5.41) is 7.29. The molecule has 142 valence electrons. The lowest BCUT2D eigenvalue weighted by Gasteiger charge is -2.28. The van der Waals surface area contributed by atoms with Gasteiger partial charge in [0.1, 0.15) is 0 Å². The van der Waals surface area contributed by atoms with Crippen LogP contribution in [-0.4, -0.2) is 38.0 Å². The quantitative estimate of drug-likeness (QED) is 0.758. The summed E-state index contributed by atoms with van der Waals surface area (Å²) in [4.78, 5) is 31.2. The van der Waals surface area contributed by atoms with Crippen molar-refractivity contribution < 1.29 is 9.59 Å². The highest BCUT2D eigenvalue weighted by Gasteiger charge is 2.25. The minimum Gasteiger partial charge on any atom is -0.347 e. The second-order valence-corrected chi connectivity index (χ2v) is 6.78. The van der Waals surface area contributed by atoms with E-state index < -0.39 is 0 Å². The lowest BCUT2D eigenvalue weighted by Crippen LogP contribution is -2.38. The van der Waals surface area contributed by atoms with Crippen molar-refractivity contribution in [2.45, 2.75) is 26.6 Å². The molecule has 7 nitrogen and oxygen atoms in total. The Morgan fingerprint density at radius 2 is 1.93 bits per heavy atom. The fourth-order valence-electron chi connectivity index (χ4n) is 3.30. The van der Waals surface area contributed by atoms with E-state index in [-0.39, 0.29) is 11.8 Å². The van der Waals surface area contributed by atoms with Crippen molar-refractivity contribution in [3.63, 3.8) is 0 Å². The van der Waals surface area contributed by atoms with Gasteiger partial charge in [-0.25, -0.2) is 0 Å². The molecule has 1 aromatic carbocycles. The first-order chi connectivity index (χ1) is 13.6. The summed E-state index contributed by atoms with van der Waals surface area (Å²) in [6.07, 6.45) is 1.68. The number of nitrogens with zero attached hydrogens (tertiary/aromatic N) is 4. The summed E-state index contributed by atoms with van der Waals surface area (Å²) < 4.78 is 1.80. The molecular formula is C21H21N5O2. The van der Waals surface area contributed by atoms with E-state index in [1.54, 1.807) is 34.0 Å². The normalized spacial score (nSPS) is 13.1. The van der Waals surface area contributed by atoms with Crippen molar-refractivity contribution in [1.82, 2.24) is 25.0 Å². The number of carbonyl (C=O) groups is 2. The Morgan fingerprint density at radius 1 is 1.11 bits per heavy atom. The van der Waals surface area contributed by atoms with Gasteiger partial charge in [0.05, 0.1) is 24.3 Å². The molecule has 1 aliphatic rings. The zero-order chi connectivity index (χ0) is 19.5. The molecule has 0 fully saturated rings. The highest BCUT2D eigenvalue weighted by atomic mass is 16.2. The molecule has 3 aromatic rings. The maximum atomic E-state index is 12.8. The third kappa shape index (κ3) is 3.64. The van der Waals surface area contributed by atoms with E-state index in [2.05, 4.69) is 15.4 Å². The highest BCUT2D eigenvalue weighted by Crippen LogP contribution is 2.17. The van der Waals surface area contributed by atoms with Crippen LogP contribution in [-0.2, 0) is 19.6 Å². The minimum atomic E-state index is -0.216. The average molecular weight is 375 g/mol. The van der Waals surface area contributed by atoms with E-state index >= 15 is 0 Å². The minimum absolute atomic E-state index is 0.0480. The van der Waals surface area contributed by atoms with Crippen LogP contribution in [0.25, 0.3) is 0 Å². The Morgan fingerprint density at radius 3 is 2.71 bits per heavy atom. The molecule has 4 rings (SSSR count). The van der Waals surface area contributed by atoms with Gasteiger partial charge >= 0.3 is 0 Å². The lowest BCUT2D eigenvalue weighted by molar-refractivity contribution is 0.0704. The van der Waals surface area contributed by atoms with Crippen LogP contribution in [0.15, 0.2) is 54.7 Å². The average Bonchev–Trinajstić information content (AvgIpc) is 3.16. The van der Waals surface area contributed by atoms with Crippen LogP contribution in [0.2, 0.25) is 0 Å². The van der Waals surface area contributed by atoms with Crippen LogP contribution in [0.4, 0.5) is 0 Å². The number of fused-ring (bicyclic) bond motifs is 1. The van der Waals surface area contributed by atoms with Gasteiger partial charge in [-0.2, -0.15) is 5.10 Å². The van der Waals surface area contributed by atoms with Gasteiger partial charge in [-0.15, -0.1) is 0 Å². The molecule has 3 heterocycles. The van der Waals surface area contributed by atoms with Crippen molar-refractivity contribution in [3.05, 3.63) is 82.9 Å². The van der Waals surface area contributed by atoms with Gasteiger partial charge < -0.3 is 10.2 Å². The standard InChI is InChI=1S/C21H21N5O2/c1-15-18(8-5-9-22-15)21(28)25-10-11-26-17(14-25)12-19(24-26)20(27)23-13-16-6-3-2-4-7-16/h2-9,12H,10-11,13-14H2,1H3,(H,23,27). The summed E-state index contributed by atoms with van der Waals surface area (Å²) in [7, 11) is 0. The van der Waals surface area contributed by atoms with Gasteiger partial charge in [-0.1, -0.05) is 30.3 Å². The Bertz CT molecular complexity index is 1010. The lowest BCUT2D eigenvalue weighted by atomic mass is 10.1. The number of rotatable bonds is 4. The summed E-state index contributed by atoms with van der Waals surface area (Å²) in [6.45, 7) is 3.81. The number of amides is 2. The largest absolute Gasteiger partial charge is 0.347 e. The third-order valence-corrected chi connectivity index (χ3v) is 4.85. The van der Waals surface area contributed by atoms with E-state index in [1.165, 1.54) is 0 Å². The van der Waals surface area contributed by atoms with E-state index in [1.807, 2.05) is 37.3 Å². The first-order valence-corrected chi connectivity index (χ1v) is 9.21. The van der Waals surface area contributed by atoms with E-state index in [0.717, 1.165) is 11.3 Å². The zero-order valence-corrected chi connectivity index (χ0v) is 15.6. The smallest absolute Gasteiger partial charge is 0.272 e.